The predicted octanol–water partition coefficient (Wildman–Crippen LogP) is 5.33. The van der Waals surface area contributed by atoms with Gasteiger partial charge in [0.15, 0.2) is 0 Å². The first-order chi connectivity index (χ1) is 12.6. The molecule has 0 spiro atoms. The molecule has 0 aliphatic rings. The van der Waals surface area contributed by atoms with Crippen molar-refractivity contribution in [3.05, 3.63) is 69.6 Å². The normalized spacial score (nSPS) is 11.0. The molecule has 0 bridgehead atoms. The van der Waals surface area contributed by atoms with Crippen molar-refractivity contribution in [1.29, 1.82) is 0 Å². The highest BCUT2D eigenvalue weighted by molar-refractivity contribution is 14.1. The monoisotopic (exact) mass is 494 g/mol. The fourth-order valence-electron chi connectivity index (χ4n) is 2.73. The maximum Gasteiger partial charge on any atom is 0.265 e. The standard InChI is InChI=1S/C18H12ClIN4OS/c19-15-5-4-12(26-15)10-24(20)18(25)14-3-1-2-13-16(22-23-17(13)14)11-6-8-21-9-7-11/h1-9H,10H2,(H,22,23). The zero-order valence-corrected chi connectivity index (χ0v) is 17.0. The number of H-pyrrole nitrogens is 1. The van der Waals surface area contributed by atoms with Crippen molar-refractivity contribution in [1.82, 2.24) is 18.3 Å². The van der Waals surface area contributed by atoms with Gasteiger partial charge >= 0.3 is 0 Å². The molecule has 8 heteroatoms. The Balaban J connectivity index is 1.68. The summed E-state index contributed by atoms with van der Waals surface area (Å²) in [4.78, 5) is 18.0. The number of carbonyl (C=O) groups excluding carboxylic acids is 1. The molecule has 3 heterocycles. The van der Waals surface area contributed by atoms with Gasteiger partial charge in [-0.1, -0.05) is 23.7 Å². The Morgan fingerprint density at radius 3 is 2.73 bits per heavy atom. The van der Waals surface area contributed by atoms with Gasteiger partial charge in [0.1, 0.15) is 5.69 Å². The molecule has 4 aromatic rings. The van der Waals surface area contributed by atoms with E-state index in [1.54, 1.807) is 15.5 Å². The van der Waals surface area contributed by atoms with Crippen molar-refractivity contribution in [3.63, 3.8) is 0 Å². The van der Waals surface area contributed by atoms with E-state index in [1.165, 1.54) is 11.3 Å². The van der Waals surface area contributed by atoms with Gasteiger partial charge in [-0.2, -0.15) is 5.10 Å². The fraction of sp³-hybridized carbons (Fsp3) is 0.0556. The second kappa shape index (κ2) is 7.34. The Kier molecular flexibility index (Phi) is 4.92. The van der Waals surface area contributed by atoms with Gasteiger partial charge < -0.3 is 0 Å². The molecule has 1 N–H and O–H groups in total. The number of pyridine rings is 1. The minimum Gasteiger partial charge on any atom is -0.276 e. The summed E-state index contributed by atoms with van der Waals surface area (Å²) < 4.78 is 2.37. The number of para-hydroxylation sites is 1. The number of thiophene rings is 1. The number of fused-ring (bicyclic) bond motifs is 1. The minimum absolute atomic E-state index is 0.0781. The number of halogens is 2. The molecule has 4 rings (SSSR count). The molecule has 0 aliphatic carbocycles. The summed E-state index contributed by atoms with van der Waals surface area (Å²) in [6, 6.07) is 13.2. The Labute approximate surface area is 172 Å². The maximum absolute atomic E-state index is 12.9. The number of nitrogens with one attached hydrogen (secondary N) is 1. The van der Waals surface area contributed by atoms with Crippen molar-refractivity contribution in [3.8, 4) is 11.3 Å². The van der Waals surface area contributed by atoms with Crippen molar-refractivity contribution in [2.24, 2.45) is 0 Å². The highest BCUT2D eigenvalue weighted by atomic mass is 127. The van der Waals surface area contributed by atoms with Crippen LogP contribution in [0.15, 0.2) is 54.9 Å². The molecule has 0 radical (unpaired) electrons. The van der Waals surface area contributed by atoms with Crippen LogP contribution in [0.4, 0.5) is 0 Å². The van der Waals surface area contributed by atoms with Gasteiger partial charge in [0.05, 0.1) is 44.8 Å². The van der Waals surface area contributed by atoms with Crippen LogP contribution in [0.25, 0.3) is 22.2 Å². The third kappa shape index (κ3) is 3.34. The van der Waals surface area contributed by atoms with Gasteiger partial charge in [0, 0.05) is 28.2 Å². The third-order valence-electron chi connectivity index (χ3n) is 3.93. The van der Waals surface area contributed by atoms with E-state index in [2.05, 4.69) is 15.2 Å². The van der Waals surface area contributed by atoms with Crippen LogP contribution in [0.5, 0.6) is 0 Å². The molecular formula is C18H12ClIN4OS. The lowest BCUT2D eigenvalue weighted by atomic mass is 10.1. The lowest BCUT2D eigenvalue weighted by molar-refractivity contribution is 0.0885. The van der Waals surface area contributed by atoms with E-state index in [-0.39, 0.29) is 5.91 Å². The van der Waals surface area contributed by atoms with E-state index in [1.807, 2.05) is 65.3 Å². The van der Waals surface area contributed by atoms with Crippen LogP contribution >= 0.6 is 45.8 Å². The van der Waals surface area contributed by atoms with E-state index < -0.39 is 0 Å². The predicted molar refractivity (Wildman–Crippen MR) is 113 cm³/mol. The average Bonchev–Trinajstić information content (AvgIpc) is 3.27. The summed E-state index contributed by atoms with van der Waals surface area (Å²) in [5.74, 6) is -0.0781. The van der Waals surface area contributed by atoms with Crippen molar-refractivity contribution in [2.75, 3.05) is 0 Å². The molecule has 0 fully saturated rings. The van der Waals surface area contributed by atoms with Crippen LogP contribution in [0, 0.1) is 0 Å². The summed E-state index contributed by atoms with van der Waals surface area (Å²) in [6.45, 7) is 0.499. The smallest absolute Gasteiger partial charge is 0.265 e. The minimum atomic E-state index is -0.0781. The highest BCUT2D eigenvalue weighted by Gasteiger charge is 2.20. The van der Waals surface area contributed by atoms with Crippen LogP contribution < -0.4 is 0 Å². The second-order valence-corrected chi connectivity index (χ2v) is 8.53. The SMILES string of the molecule is O=C(c1cccc2c(-c3ccncc3)n[nH]c12)N(I)Cc1ccc(Cl)s1. The number of aromatic nitrogens is 3. The lowest BCUT2D eigenvalue weighted by Crippen LogP contribution is -2.20. The first kappa shape index (κ1) is 17.4. The van der Waals surface area contributed by atoms with Gasteiger partial charge in [-0.25, -0.2) is 0 Å². The first-order valence-electron chi connectivity index (χ1n) is 7.73. The summed E-state index contributed by atoms with van der Waals surface area (Å²) >= 11 is 9.49. The zero-order valence-electron chi connectivity index (χ0n) is 13.3. The first-order valence-corrected chi connectivity index (χ1v) is 9.89. The number of nitrogens with zero attached hydrogens (tertiary/aromatic N) is 3. The maximum atomic E-state index is 12.9. The Hall–Kier alpha value is -1.97. The summed E-state index contributed by atoms with van der Waals surface area (Å²) in [5, 5.41) is 8.34. The molecule has 5 nitrogen and oxygen atoms in total. The molecule has 26 heavy (non-hydrogen) atoms. The van der Waals surface area contributed by atoms with Gasteiger partial charge in [-0.3, -0.25) is 18.0 Å². The van der Waals surface area contributed by atoms with Crippen LogP contribution in [-0.2, 0) is 6.54 Å². The van der Waals surface area contributed by atoms with E-state index in [0.717, 1.165) is 31.4 Å². The Morgan fingerprint density at radius 1 is 1.19 bits per heavy atom. The van der Waals surface area contributed by atoms with Crippen LogP contribution in [0.2, 0.25) is 4.34 Å². The zero-order chi connectivity index (χ0) is 18.1. The quantitative estimate of drug-likeness (QED) is 0.308. The lowest BCUT2D eigenvalue weighted by Gasteiger charge is -2.14. The number of benzene rings is 1. The van der Waals surface area contributed by atoms with E-state index in [9.17, 15) is 4.79 Å². The largest absolute Gasteiger partial charge is 0.276 e. The summed E-state index contributed by atoms with van der Waals surface area (Å²) in [5.41, 5.74) is 3.08. The number of rotatable bonds is 4. The molecule has 1 aromatic carbocycles. The fourth-order valence-corrected chi connectivity index (χ4v) is 4.66. The van der Waals surface area contributed by atoms with Crippen molar-refractivity contribution < 1.29 is 4.79 Å². The number of amides is 1. The highest BCUT2D eigenvalue weighted by Crippen LogP contribution is 2.30. The number of aromatic amines is 1. The third-order valence-corrected chi connectivity index (χ3v) is 5.92. The summed E-state index contributed by atoms with van der Waals surface area (Å²) in [7, 11) is 0. The summed E-state index contributed by atoms with van der Waals surface area (Å²) in [6.07, 6.45) is 3.45. The van der Waals surface area contributed by atoms with E-state index in [0.29, 0.717) is 12.1 Å². The van der Waals surface area contributed by atoms with Gasteiger partial charge in [-0.05, 0) is 30.3 Å². The number of hydrogen-bond acceptors (Lipinski definition) is 4. The van der Waals surface area contributed by atoms with Gasteiger partial charge in [0.25, 0.3) is 5.91 Å². The molecule has 1 amide bonds. The topological polar surface area (TPSA) is 61.9 Å². The molecule has 0 aliphatic heterocycles. The molecule has 0 saturated carbocycles. The Bertz CT molecular complexity index is 1080. The second-order valence-electron chi connectivity index (χ2n) is 5.57. The van der Waals surface area contributed by atoms with Gasteiger partial charge in [-0.15, -0.1) is 11.3 Å². The van der Waals surface area contributed by atoms with Crippen LogP contribution in [0.1, 0.15) is 15.2 Å². The number of hydrogen-bond donors (Lipinski definition) is 1. The van der Waals surface area contributed by atoms with Crippen LogP contribution in [0.3, 0.4) is 0 Å². The number of carbonyl (C=O) groups is 1. The Morgan fingerprint density at radius 2 is 2.00 bits per heavy atom. The van der Waals surface area contributed by atoms with Gasteiger partial charge in [0.2, 0.25) is 0 Å². The average molecular weight is 495 g/mol. The molecule has 130 valence electrons. The molecule has 3 aromatic heterocycles. The van der Waals surface area contributed by atoms with Crippen LogP contribution in [-0.4, -0.2) is 24.2 Å². The molecule has 0 atom stereocenters. The van der Waals surface area contributed by atoms with E-state index in [4.69, 9.17) is 11.6 Å². The van der Waals surface area contributed by atoms with Crippen molar-refractivity contribution >= 4 is 62.6 Å². The molecular weight excluding hydrogens is 483 g/mol. The molecule has 0 unspecified atom stereocenters. The van der Waals surface area contributed by atoms with Crippen molar-refractivity contribution in [2.45, 2.75) is 6.54 Å². The van der Waals surface area contributed by atoms with E-state index >= 15 is 0 Å². The molecule has 0 saturated heterocycles.